The second kappa shape index (κ2) is 13.0. The molecule has 0 spiro atoms. The Labute approximate surface area is 226 Å². The van der Waals surface area contributed by atoms with Gasteiger partial charge in [0.2, 0.25) is 0 Å². The van der Waals surface area contributed by atoms with Crippen molar-refractivity contribution < 1.29 is 9.47 Å². The van der Waals surface area contributed by atoms with Crippen molar-refractivity contribution in [3.05, 3.63) is 72.7 Å². The second-order valence-electron chi connectivity index (χ2n) is 9.92. The van der Waals surface area contributed by atoms with E-state index in [1.54, 1.807) is 0 Å². The molecule has 0 atom stereocenters. The van der Waals surface area contributed by atoms with Gasteiger partial charge in [-0.2, -0.15) is 5.10 Å². The number of aromatic nitrogens is 3. The number of morpholine rings is 1. The number of hydrogen-bond acceptors (Lipinski definition) is 6. The molecule has 4 aromatic rings. The van der Waals surface area contributed by atoms with Crippen LogP contribution in [0.15, 0.2) is 67.1 Å². The molecule has 2 aromatic heterocycles. The maximum Gasteiger partial charge on any atom is 0.162 e. The Hall–Kier alpha value is -3.26. The summed E-state index contributed by atoms with van der Waals surface area (Å²) in [5, 5.41) is 4.63. The van der Waals surface area contributed by atoms with E-state index in [-0.39, 0.29) is 0 Å². The Kier molecular flexibility index (Phi) is 9.02. The predicted molar refractivity (Wildman–Crippen MR) is 152 cm³/mol. The lowest BCUT2D eigenvalue weighted by Crippen LogP contribution is -2.35. The molecule has 0 unspecified atom stereocenters. The van der Waals surface area contributed by atoms with Gasteiger partial charge < -0.3 is 14.4 Å². The van der Waals surface area contributed by atoms with Crippen molar-refractivity contribution in [2.24, 2.45) is 0 Å². The zero-order chi connectivity index (χ0) is 26.2. The molecule has 7 nitrogen and oxygen atoms in total. The van der Waals surface area contributed by atoms with Gasteiger partial charge in [-0.3, -0.25) is 4.90 Å². The van der Waals surface area contributed by atoms with Gasteiger partial charge in [0.1, 0.15) is 12.4 Å². The molecule has 2 aromatic carbocycles. The van der Waals surface area contributed by atoms with Gasteiger partial charge in [-0.15, -0.1) is 0 Å². The topological polar surface area (TPSA) is 55.1 Å². The molecule has 200 valence electrons. The number of likely N-dealkylation sites (N-methyl/N-ethyl adjacent to an activating group) is 1. The van der Waals surface area contributed by atoms with Gasteiger partial charge in [0.05, 0.1) is 19.4 Å². The number of benzene rings is 2. The van der Waals surface area contributed by atoms with E-state index in [1.807, 2.05) is 35.2 Å². The highest BCUT2D eigenvalue weighted by atomic mass is 16.5. The molecule has 0 radical (unpaired) electrons. The summed E-state index contributed by atoms with van der Waals surface area (Å²) in [4.78, 5) is 9.68. The maximum absolute atomic E-state index is 6.01. The Morgan fingerprint density at radius 3 is 2.58 bits per heavy atom. The smallest absolute Gasteiger partial charge is 0.162 e. The summed E-state index contributed by atoms with van der Waals surface area (Å²) >= 11 is 0. The van der Waals surface area contributed by atoms with E-state index in [2.05, 4.69) is 65.1 Å². The monoisotopic (exact) mass is 513 g/mol. The van der Waals surface area contributed by atoms with E-state index in [1.165, 1.54) is 18.4 Å². The molecule has 0 N–H and O–H groups in total. The number of ether oxygens (including phenoxy) is 2. The van der Waals surface area contributed by atoms with E-state index < -0.39 is 0 Å². The fraction of sp³-hybridized carbons (Fsp3) is 0.419. The molecule has 1 aliphatic heterocycles. The summed E-state index contributed by atoms with van der Waals surface area (Å²) in [5.74, 6) is 0.896. The van der Waals surface area contributed by atoms with Crippen LogP contribution >= 0.6 is 0 Å². The van der Waals surface area contributed by atoms with E-state index in [4.69, 9.17) is 14.5 Å². The number of rotatable bonds is 12. The largest absolute Gasteiger partial charge is 0.492 e. The van der Waals surface area contributed by atoms with Crippen LogP contribution in [-0.4, -0.2) is 76.9 Å². The summed E-state index contributed by atoms with van der Waals surface area (Å²) in [5.41, 5.74) is 6.46. The number of fused-ring (bicyclic) bond motifs is 1. The first kappa shape index (κ1) is 26.4. The number of nitrogens with zero attached hydrogens (tertiary/aromatic N) is 5. The maximum atomic E-state index is 6.01. The van der Waals surface area contributed by atoms with Gasteiger partial charge in [-0.25, -0.2) is 9.50 Å². The first-order chi connectivity index (χ1) is 18.7. The fourth-order valence-electron chi connectivity index (χ4n) is 4.93. The molecule has 3 heterocycles. The van der Waals surface area contributed by atoms with Gasteiger partial charge in [-0.1, -0.05) is 50.6 Å². The van der Waals surface area contributed by atoms with E-state index in [0.717, 1.165) is 86.1 Å². The third-order valence-electron chi connectivity index (χ3n) is 7.24. The molecule has 0 saturated carbocycles. The highest BCUT2D eigenvalue weighted by Gasteiger charge is 2.13. The average molecular weight is 514 g/mol. The summed E-state index contributed by atoms with van der Waals surface area (Å²) < 4.78 is 13.4. The van der Waals surface area contributed by atoms with Crippen molar-refractivity contribution in [2.75, 3.05) is 52.5 Å². The van der Waals surface area contributed by atoms with Gasteiger partial charge in [0.25, 0.3) is 0 Å². The molecule has 5 rings (SSSR count). The second-order valence-corrected chi connectivity index (χ2v) is 9.92. The first-order valence-electron chi connectivity index (χ1n) is 13.9. The Morgan fingerprint density at radius 2 is 1.79 bits per heavy atom. The zero-order valence-electron chi connectivity index (χ0n) is 22.7. The minimum Gasteiger partial charge on any atom is -0.492 e. The Bertz CT molecular complexity index is 1300. The summed E-state index contributed by atoms with van der Waals surface area (Å²) in [6.07, 6.45) is 8.35. The average Bonchev–Trinajstić information content (AvgIpc) is 3.39. The lowest BCUT2D eigenvalue weighted by atomic mass is 10.0. The normalized spacial score (nSPS) is 14.4. The third kappa shape index (κ3) is 6.59. The predicted octanol–water partition coefficient (Wildman–Crippen LogP) is 5.40. The van der Waals surface area contributed by atoms with Crippen LogP contribution in [-0.2, 0) is 11.3 Å². The first-order valence-corrected chi connectivity index (χ1v) is 13.9. The molecule has 1 aliphatic rings. The molecular formula is C31H39N5O2. The zero-order valence-corrected chi connectivity index (χ0v) is 22.7. The third-order valence-corrected chi connectivity index (χ3v) is 7.24. The quantitative estimate of drug-likeness (QED) is 0.253. The van der Waals surface area contributed by atoms with E-state index >= 15 is 0 Å². The van der Waals surface area contributed by atoms with Crippen LogP contribution in [0.25, 0.3) is 27.9 Å². The van der Waals surface area contributed by atoms with Gasteiger partial charge in [0, 0.05) is 49.7 Å². The van der Waals surface area contributed by atoms with Crippen LogP contribution in [0.2, 0.25) is 0 Å². The van der Waals surface area contributed by atoms with Gasteiger partial charge in [0.15, 0.2) is 5.65 Å². The van der Waals surface area contributed by atoms with E-state index in [0.29, 0.717) is 6.61 Å². The van der Waals surface area contributed by atoms with Gasteiger partial charge >= 0.3 is 0 Å². The highest BCUT2D eigenvalue weighted by Crippen LogP contribution is 2.27. The van der Waals surface area contributed by atoms with Crippen molar-refractivity contribution in [3.63, 3.8) is 0 Å². The van der Waals surface area contributed by atoms with Gasteiger partial charge in [-0.05, 0) is 54.4 Å². The lowest BCUT2D eigenvalue weighted by molar-refractivity contribution is 0.0342. The molecule has 1 saturated heterocycles. The van der Waals surface area contributed by atoms with Crippen molar-refractivity contribution in [1.82, 2.24) is 24.4 Å². The van der Waals surface area contributed by atoms with Crippen LogP contribution < -0.4 is 4.74 Å². The van der Waals surface area contributed by atoms with Crippen LogP contribution in [0.5, 0.6) is 5.75 Å². The molecule has 7 heteroatoms. The van der Waals surface area contributed by atoms with Crippen LogP contribution in [0, 0.1) is 0 Å². The van der Waals surface area contributed by atoms with Crippen molar-refractivity contribution >= 4 is 5.65 Å². The minimum atomic E-state index is 0.703. The summed E-state index contributed by atoms with van der Waals surface area (Å²) in [6.45, 7) is 12.8. The molecule has 0 amide bonds. The van der Waals surface area contributed by atoms with Crippen LogP contribution in [0.4, 0.5) is 0 Å². The number of unbranched alkanes of at least 4 members (excludes halogenated alkanes) is 1. The van der Waals surface area contributed by atoms with Crippen LogP contribution in [0.1, 0.15) is 32.3 Å². The molecule has 0 bridgehead atoms. The summed E-state index contributed by atoms with van der Waals surface area (Å²) in [6, 6.07) is 17.0. The Morgan fingerprint density at radius 1 is 0.947 bits per heavy atom. The van der Waals surface area contributed by atoms with Crippen LogP contribution in [0.3, 0.4) is 0 Å². The molecule has 0 aliphatic carbocycles. The van der Waals surface area contributed by atoms with E-state index in [9.17, 15) is 0 Å². The molecule has 1 fully saturated rings. The summed E-state index contributed by atoms with van der Waals surface area (Å²) in [7, 11) is 0. The Balaban J connectivity index is 1.24. The molecular weight excluding hydrogens is 474 g/mol. The lowest BCUT2D eigenvalue weighted by Gasteiger charge is -2.26. The minimum absolute atomic E-state index is 0.703. The van der Waals surface area contributed by atoms with Crippen molar-refractivity contribution in [2.45, 2.75) is 33.2 Å². The molecule has 38 heavy (non-hydrogen) atoms. The highest BCUT2D eigenvalue weighted by molar-refractivity contribution is 5.78. The van der Waals surface area contributed by atoms with Crippen molar-refractivity contribution in [3.8, 4) is 28.0 Å². The van der Waals surface area contributed by atoms with Crippen molar-refractivity contribution in [1.29, 1.82) is 0 Å². The number of hydrogen-bond donors (Lipinski definition) is 0. The fourth-order valence-corrected chi connectivity index (χ4v) is 4.93. The SMILES string of the molecule is CCCCN(CC)CCOc1ccc(-c2cnc3c(-c4cccc(CN5CCOCC5)c4)cnn3c2)cc1. The standard InChI is InChI=1S/C31H39N5O2/c1-3-5-13-34(4-2)16-19-38-29-11-9-26(10-12-29)28-21-32-31-30(22-33-36(31)24-28)27-8-6-7-25(20-27)23-35-14-17-37-18-15-35/h6-12,20-22,24H,3-5,13-19,23H2,1-2H3.